The number of epoxide rings is 1. The van der Waals surface area contributed by atoms with Gasteiger partial charge in [-0.3, -0.25) is 9.59 Å². The van der Waals surface area contributed by atoms with Gasteiger partial charge >= 0.3 is 5.97 Å². The molecule has 3 heterocycles. The summed E-state index contributed by atoms with van der Waals surface area (Å²) in [4.78, 5) is 31.9. The van der Waals surface area contributed by atoms with E-state index in [0.29, 0.717) is 6.42 Å². The van der Waals surface area contributed by atoms with Crippen molar-refractivity contribution in [3.05, 3.63) is 21.7 Å². The van der Waals surface area contributed by atoms with Gasteiger partial charge in [-0.25, -0.2) is 4.98 Å². The minimum Gasteiger partial charge on any atom is -0.457 e. The number of thiazole rings is 1. The predicted octanol–water partition coefficient (Wildman–Crippen LogP) is 4.72. The van der Waals surface area contributed by atoms with Crippen LogP contribution in [0.3, 0.4) is 0 Å². The summed E-state index contributed by atoms with van der Waals surface area (Å²) >= 11 is 1.57. The number of aromatic nitrogens is 1. The lowest BCUT2D eigenvalue weighted by atomic mass is 9.71. The average molecular weight is 522 g/mol. The van der Waals surface area contributed by atoms with Crippen molar-refractivity contribution < 1.29 is 29.3 Å². The van der Waals surface area contributed by atoms with Crippen LogP contribution in [0.25, 0.3) is 6.08 Å². The van der Waals surface area contributed by atoms with Gasteiger partial charge in [-0.1, -0.05) is 34.1 Å². The second kappa shape index (κ2) is 11.0. The molecule has 202 valence electrons. The monoisotopic (exact) mass is 521 g/mol. The van der Waals surface area contributed by atoms with Gasteiger partial charge in [0.05, 0.1) is 40.3 Å². The molecule has 2 unspecified atom stereocenters. The summed E-state index contributed by atoms with van der Waals surface area (Å²) in [6.07, 6.45) is 4.11. The summed E-state index contributed by atoms with van der Waals surface area (Å²) in [6.45, 7) is 14.5. The summed E-state index contributed by atoms with van der Waals surface area (Å²) in [5.74, 6) is -2.48. The highest BCUT2D eigenvalue weighted by Gasteiger charge is 2.53. The summed E-state index contributed by atoms with van der Waals surface area (Å²) in [5.41, 5.74) is -0.648. The SMILES string of the molecule is C/C(=C\c1cnc(C)s1)[C@@H]1C[C@@H]2O[C@]2(C)CCC[C@H](C)[C@H](O)[C@@H](C)C(=O)C(C)(C)C(O)C(C)C(=O)O1. The Morgan fingerprint density at radius 2 is 1.83 bits per heavy atom. The Bertz CT molecular complexity index is 986. The van der Waals surface area contributed by atoms with Gasteiger partial charge in [0.2, 0.25) is 0 Å². The zero-order chi connectivity index (χ0) is 27.0. The molecule has 0 saturated carbocycles. The van der Waals surface area contributed by atoms with Gasteiger partial charge in [0.1, 0.15) is 11.9 Å². The number of rotatable bonds is 2. The Kier molecular flexibility index (Phi) is 8.86. The standard InChI is InChI=1S/C28H43NO6S/c1-15-10-9-11-28(8)22(35-28)13-21(16(2)12-20-14-29-19(5)36-20)34-26(33)18(4)25(32)27(6,7)24(31)17(3)23(15)30/h12,14-15,17-18,21-23,25,30,32H,9-11,13H2,1-8H3/b16-12+/t15-,17+,18?,21-,22-,23-,25?,28+/m0/s1. The van der Waals surface area contributed by atoms with Gasteiger partial charge in [0, 0.05) is 23.4 Å². The Hall–Kier alpha value is -1.61. The molecule has 8 heteroatoms. The van der Waals surface area contributed by atoms with E-state index in [1.807, 2.05) is 26.8 Å². The smallest absolute Gasteiger partial charge is 0.311 e. The molecule has 2 aliphatic heterocycles. The van der Waals surface area contributed by atoms with Crippen LogP contribution in [-0.4, -0.2) is 57.0 Å². The van der Waals surface area contributed by atoms with Crippen molar-refractivity contribution in [2.75, 3.05) is 0 Å². The third-order valence-corrected chi connectivity index (χ3v) is 9.16. The van der Waals surface area contributed by atoms with E-state index in [-0.39, 0.29) is 23.4 Å². The average Bonchev–Trinajstić information content (AvgIpc) is 3.26. The molecule has 0 radical (unpaired) electrons. The molecule has 0 spiro atoms. The fourth-order valence-corrected chi connectivity index (χ4v) is 6.22. The molecule has 0 aromatic carbocycles. The molecule has 1 aromatic rings. The summed E-state index contributed by atoms with van der Waals surface area (Å²) in [6, 6.07) is 0. The molecule has 7 nitrogen and oxygen atoms in total. The molecule has 0 amide bonds. The first-order valence-electron chi connectivity index (χ1n) is 13.1. The molecular formula is C28H43NO6S. The summed E-state index contributed by atoms with van der Waals surface area (Å²) in [7, 11) is 0. The first kappa shape index (κ1) is 29.0. The van der Waals surface area contributed by atoms with Gasteiger partial charge in [-0.2, -0.15) is 0 Å². The highest BCUT2D eigenvalue weighted by Crippen LogP contribution is 2.45. The number of cyclic esters (lactones) is 1. The lowest BCUT2D eigenvalue weighted by Crippen LogP contribution is -2.49. The number of fused-ring (bicyclic) bond motifs is 1. The van der Waals surface area contributed by atoms with E-state index < -0.39 is 41.5 Å². The number of aliphatic hydroxyl groups is 2. The van der Waals surface area contributed by atoms with Crippen LogP contribution in [0.2, 0.25) is 0 Å². The second-order valence-electron chi connectivity index (χ2n) is 11.7. The van der Waals surface area contributed by atoms with Crippen molar-refractivity contribution in [3.63, 3.8) is 0 Å². The van der Waals surface area contributed by atoms with Crippen LogP contribution < -0.4 is 0 Å². The van der Waals surface area contributed by atoms with E-state index in [9.17, 15) is 19.8 Å². The number of hydrogen-bond donors (Lipinski definition) is 2. The number of aryl methyl sites for hydroxylation is 1. The molecule has 0 aliphatic carbocycles. The van der Waals surface area contributed by atoms with Crippen molar-refractivity contribution in [2.24, 2.45) is 23.2 Å². The minimum atomic E-state index is -1.26. The van der Waals surface area contributed by atoms with E-state index in [1.165, 1.54) is 0 Å². The van der Waals surface area contributed by atoms with Crippen LogP contribution in [0, 0.1) is 30.1 Å². The van der Waals surface area contributed by atoms with Crippen LogP contribution in [0.15, 0.2) is 11.8 Å². The van der Waals surface area contributed by atoms with E-state index in [0.717, 1.165) is 34.7 Å². The van der Waals surface area contributed by atoms with E-state index in [4.69, 9.17) is 9.47 Å². The summed E-state index contributed by atoms with van der Waals surface area (Å²) in [5, 5.41) is 23.0. The predicted molar refractivity (Wildman–Crippen MR) is 140 cm³/mol. The summed E-state index contributed by atoms with van der Waals surface area (Å²) < 4.78 is 12.1. The Balaban J connectivity index is 1.91. The van der Waals surface area contributed by atoms with E-state index in [2.05, 4.69) is 11.9 Å². The molecular weight excluding hydrogens is 478 g/mol. The van der Waals surface area contributed by atoms with Crippen molar-refractivity contribution in [3.8, 4) is 0 Å². The number of carbonyl (C=O) groups is 2. The first-order valence-corrected chi connectivity index (χ1v) is 13.9. The van der Waals surface area contributed by atoms with Crippen molar-refractivity contribution in [1.29, 1.82) is 0 Å². The third-order valence-electron chi connectivity index (χ3n) is 8.30. The molecule has 1 aromatic heterocycles. The van der Waals surface area contributed by atoms with Crippen molar-refractivity contribution in [2.45, 2.75) is 111 Å². The van der Waals surface area contributed by atoms with Gasteiger partial charge in [-0.15, -0.1) is 11.3 Å². The number of ketones is 1. The maximum Gasteiger partial charge on any atom is 0.311 e. The fraction of sp³-hybridized carbons (Fsp3) is 0.750. The Labute approximate surface area is 219 Å². The van der Waals surface area contributed by atoms with Crippen LogP contribution in [0.1, 0.15) is 84.0 Å². The lowest BCUT2D eigenvalue weighted by molar-refractivity contribution is -0.162. The molecule has 2 fully saturated rings. The van der Waals surface area contributed by atoms with Crippen LogP contribution in [0.5, 0.6) is 0 Å². The largest absolute Gasteiger partial charge is 0.457 e. The normalized spacial score (nSPS) is 38.8. The van der Waals surface area contributed by atoms with E-state index in [1.54, 1.807) is 45.2 Å². The van der Waals surface area contributed by atoms with Crippen LogP contribution in [0.4, 0.5) is 0 Å². The number of ether oxygens (including phenoxy) is 2. The van der Waals surface area contributed by atoms with Gasteiger partial charge in [0.25, 0.3) is 0 Å². The van der Waals surface area contributed by atoms with Crippen LogP contribution in [-0.2, 0) is 19.1 Å². The number of esters is 1. The number of carbonyl (C=O) groups excluding carboxylic acids is 2. The van der Waals surface area contributed by atoms with E-state index >= 15 is 0 Å². The van der Waals surface area contributed by atoms with Gasteiger partial charge in [-0.05, 0) is 58.1 Å². The first-order chi connectivity index (χ1) is 16.7. The highest BCUT2D eigenvalue weighted by molar-refractivity contribution is 7.12. The van der Waals surface area contributed by atoms with Gasteiger partial charge in [0.15, 0.2) is 0 Å². The van der Waals surface area contributed by atoms with Crippen LogP contribution >= 0.6 is 11.3 Å². The lowest BCUT2D eigenvalue weighted by Gasteiger charge is -2.36. The molecule has 2 N–H and O–H groups in total. The number of hydrogen-bond acceptors (Lipinski definition) is 8. The molecule has 0 bridgehead atoms. The molecule has 36 heavy (non-hydrogen) atoms. The minimum absolute atomic E-state index is 0.0489. The number of nitrogens with zero attached hydrogens (tertiary/aromatic N) is 1. The quantitative estimate of drug-likeness (QED) is 0.428. The topological polar surface area (TPSA) is 109 Å². The maximum atomic E-state index is 13.4. The molecule has 2 aliphatic rings. The molecule has 3 rings (SSSR count). The van der Waals surface area contributed by atoms with Gasteiger partial charge < -0.3 is 19.7 Å². The number of Topliss-reactive ketones (excluding diaryl/α,β-unsaturated/α-hetero) is 1. The van der Waals surface area contributed by atoms with Crippen molar-refractivity contribution in [1.82, 2.24) is 4.98 Å². The third kappa shape index (κ3) is 6.26. The fourth-order valence-electron chi connectivity index (χ4n) is 5.42. The van der Waals surface area contributed by atoms with Crippen molar-refractivity contribution >= 4 is 29.2 Å². The highest BCUT2D eigenvalue weighted by atomic mass is 32.1. The zero-order valence-electron chi connectivity index (χ0n) is 22.9. The second-order valence-corrected chi connectivity index (χ2v) is 13.0. The molecule has 8 atom stereocenters. The Morgan fingerprint density at radius 1 is 1.17 bits per heavy atom. The maximum absolute atomic E-state index is 13.4. The Morgan fingerprint density at radius 3 is 2.44 bits per heavy atom. The number of aliphatic hydroxyl groups excluding tert-OH is 2. The zero-order valence-corrected chi connectivity index (χ0v) is 23.7. The molecule has 2 saturated heterocycles.